The quantitative estimate of drug-likeness (QED) is 0.723. The Labute approximate surface area is 150 Å². The summed E-state index contributed by atoms with van der Waals surface area (Å²) in [6, 6.07) is 4.63. The van der Waals surface area contributed by atoms with Gasteiger partial charge in [-0.25, -0.2) is 14.2 Å². The van der Waals surface area contributed by atoms with Crippen LogP contribution in [0.4, 0.5) is 4.39 Å². The van der Waals surface area contributed by atoms with Crippen LogP contribution in [0.15, 0.2) is 32.3 Å². The molecule has 0 spiro atoms. The molecule has 0 amide bonds. The monoisotopic (exact) mass is 406 g/mol. The fourth-order valence-electron chi connectivity index (χ4n) is 2.62. The maximum Gasteiger partial charge on any atom is 0.332 e. The summed E-state index contributed by atoms with van der Waals surface area (Å²) in [5.74, 6) is 0.107. The highest BCUT2D eigenvalue weighted by Gasteiger charge is 2.14. The zero-order valence-corrected chi connectivity index (χ0v) is 15.3. The highest BCUT2D eigenvalue weighted by Crippen LogP contribution is 2.18. The second-order valence-corrected chi connectivity index (χ2v) is 6.26. The topological polar surface area (TPSA) is 72.7 Å². The van der Waals surface area contributed by atoms with Crippen molar-refractivity contribution in [3.8, 4) is 0 Å². The van der Waals surface area contributed by atoms with E-state index in [2.05, 4.69) is 25.9 Å². The van der Waals surface area contributed by atoms with Gasteiger partial charge in [0.25, 0.3) is 5.56 Å². The molecule has 0 unspecified atom stereocenters. The standard InChI is InChI=1S/C17H16BrFN4O2/c1-3-22-15-14(16(24)23(4-2)17(22)25)20-13(21-15)8-6-10-5-7-12(19)11(18)9-10/h5-9H,3-4H2,1-2H3,(H,20,21)/b8-6+. The molecule has 2 aromatic heterocycles. The van der Waals surface area contributed by atoms with Crippen LogP contribution in [-0.4, -0.2) is 19.1 Å². The molecule has 2 heterocycles. The molecule has 25 heavy (non-hydrogen) atoms. The Bertz CT molecular complexity index is 1090. The van der Waals surface area contributed by atoms with E-state index in [9.17, 15) is 14.0 Å². The normalized spacial score (nSPS) is 11.7. The maximum atomic E-state index is 13.3. The lowest BCUT2D eigenvalue weighted by Crippen LogP contribution is -2.39. The molecule has 130 valence electrons. The van der Waals surface area contributed by atoms with Crippen LogP contribution >= 0.6 is 15.9 Å². The van der Waals surface area contributed by atoms with Gasteiger partial charge in [0, 0.05) is 13.1 Å². The molecule has 0 aliphatic carbocycles. The molecule has 8 heteroatoms. The summed E-state index contributed by atoms with van der Waals surface area (Å²) in [4.78, 5) is 32.1. The Kier molecular flexibility index (Phi) is 4.71. The Morgan fingerprint density at radius 3 is 2.56 bits per heavy atom. The Hall–Kier alpha value is -2.48. The SMILES string of the molecule is CCn1c(=O)c2[nH]c(/C=C/c3ccc(F)c(Br)c3)nc2n(CC)c1=O. The number of aromatic nitrogens is 4. The Morgan fingerprint density at radius 2 is 1.92 bits per heavy atom. The first-order valence-electron chi connectivity index (χ1n) is 7.82. The third-order valence-electron chi connectivity index (χ3n) is 3.89. The number of aryl methyl sites for hydroxylation is 1. The predicted molar refractivity (Wildman–Crippen MR) is 99.0 cm³/mol. The maximum absolute atomic E-state index is 13.3. The molecule has 0 atom stereocenters. The minimum Gasteiger partial charge on any atom is -0.333 e. The van der Waals surface area contributed by atoms with E-state index < -0.39 is 0 Å². The van der Waals surface area contributed by atoms with E-state index in [4.69, 9.17) is 0 Å². The summed E-state index contributed by atoms with van der Waals surface area (Å²) in [5.41, 5.74) is 0.647. The number of halogens is 2. The molecule has 1 N–H and O–H groups in total. The largest absolute Gasteiger partial charge is 0.333 e. The number of aromatic amines is 1. The molecule has 0 saturated heterocycles. The van der Waals surface area contributed by atoms with Crippen molar-refractivity contribution in [3.63, 3.8) is 0 Å². The van der Waals surface area contributed by atoms with Crippen LogP contribution in [0.5, 0.6) is 0 Å². The molecule has 0 aliphatic rings. The van der Waals surface area contributed by atoms with E-state index in [0.29, 0.717) is 34.6 Å². The minimum absolute atomic E-state index is 0.293. The van der Waals surface area contributed by atoms with Gasteiger partial charge in [0.1, 0.15) is 17.2 Å². The highest BCUT2D eigenvalue weighted by molar-refractivity contribution is 9.10. The van der Waals surface area contributed by atoms with Crippen LogP contribution in [0.25, 0.3) is 23.3 Å². The van der Waals surface area contributed by atoms with Crippen molar-refractivity contribution in [1.82, 2.24) is 19.1 Å². The lowest BCUT2D eigenvalue weighted by atomic mass is 10.2. The number of hydrogen-bond acceptors (Lipinski definition) is 3. The van der Waals surface area contributed by atoms with Crippen LogP contribution in [-0.2, 0) is 13.1 Å². The molecule has 1 aromatic carbocycles. The van der Waals surface area contributed by atoms with Crippen molar-refractivity contribution in [2.75, 3.05) is 0 Å². The van der Waals surface area contributed by atoms with Gasteiger partial charge in [0.05, 0.1) is 4.47 Å². The number of imidazole rings is 1. The van der Waals surface area contributed by atoms with Crippen LogP contribution in [0.3, 0.4) is 0 Å². The van der Waals surface area contributed by atoms with Crippen LogP contribution in [0.1, 0.15) is 25.2 Å². The van der Waals surface area contributed by atoms with Crippen molar-refractivity contribution in [2.45, 2.75) is 26.9 Å². The van der Waals surface area contributed by atoms with Gasteiger partial charge >= 0.3 is 5.69 Å². The summed E-state index contributed by atoms with van der Waals surface area (Å²) >= 11 is 3.14. The van der Waals surface area contributed by atoms with Gasteiger partial charge in [-0.3, -0.25) is 13.9 Å². The first-order valence-corrected chi connectivity index (χ1v) is 8.62. The van der Waals surface area contributed by atoms with Crippen molar-refractivity contribution in [2.24, 2.45) is 0 Å². The van der Waals surface area contributed by atoms with E-state index in [1.165, 1.54) is 15.2 Å². The number of fused-ring (bicyclic) bond motifs is 1. The lowest BCUT2D eigenvalue weighted by Gasteiger charge is -2.06. The number of rotatable bonds is 4. The molecule has 6 nitrogen and oxygen atoms in total. The van der Waals surface area contributed by atoms with Crippen LogP contribution in [0.2, 0.25) is 0 Å². The van der Waals surface area contributed by atoms with Crippen molar-refractivity contribution in [1.29, 1.82) is 0 Å². The fraction of sp³-hybridized carbons (Fsp3) is 0.235. The van der Waals surface area contributed by atoms with E-state index in [1.807, 2.05) is 6.92 Å². The zero-order chi connectivity index (χ0) is 18.1. The third-order valence-corrected chi connectivity index (χ3v) is 4.50. The summed E-state index contributed by atoms with van der Waals surface area (Å²) < 4.78 is 16.3. The second-order valence-electron chi connectivity index (χ2n) is 5.40. The molecule has 0 bridgehead atoms. The van der Waals surface area contributed by atoms with E-state index in [1.54, 1.807) is 31.2 Å². The van der Waals surface area contributed by atoms with Gasteiger partial charge in [0.2, 0.25) is 0 Å². The summed E-state index contributed by atoms with van der Waals surface area (Å²) in [6.45, 7) is 4.28. The number of H-pyrrole nitrogens is 1. The van der Waals surface area contributed by atoms with Gasteiger partial charge in [-0.15, -0.1) is 0 Å². The molecule has 0 aliphatic heterocycles. The average molecular weight is 407 g/mol. The molecular weight excluding hydrogens is 391 g/mol. The Balaban J connectivity index is 2.11. The van der Waals surface area contributed by atoms with E-state index in [-0.39, 0.29) is 17.1 Å². The molecule has 3 aromatic rings. The van der Waals surface area contributed by atoms with Crippen molar-refractivity contribution < 1.29 is 4.39 Å². The minimum atomic E-state index is -0.385. The van der Waals surface area contributed by atoms with Gasteiger partial charge in [0.15, 0.2) is 5.65 Å². The smallest absolute Gasteiger partial charge is 0.332 e. The number of nitrogens with zero attached hydrogens (tertiary/aromatic N) is 3. The predicted octanol–water partition coefficient (Wildman–Crippen LogP) is 3.00. The van der Waals surface area contributed by atoms with Gasteiger partial charge in [-0.2, -0.15) is 0 Å². The summed E-state index contributed by atoms with van der Waals surface area (Å²) in [6.07, 6.45) is 3.43. The molecule has 3 rings (SSSR count). The third kappa shape index (κ3) is 3.09. The lowest BCUT2D eigenvalue weighted by molar-refractivity contribution is 0.605. The molecule has 0 radical (unpaired) electrons. The molecular formula is C17H16BrFN4O2. The Morgan fingerprint density at radius 1 is 1.20 bits per heavy atom. The van der Waals surface area contributed by atoms with Gasteiger partial charge in [-0.1, -0.05) is 12.1 Å². The van der Waals surface area contributed by atoms with Crippen LogP contribution in [0, 0.1) is 5.82 Å². The van der Waals surface area contributed by atoms with Crippen molar-refractivity contribution >= 4 is 39.2 Å². The van der Waals surface area contributed by atoms with Gasteiger partial charge < -0.3 is 4.98 Å². The number of nitrogens with one attached hydrogen (secondary N) is 1. The second kappa shape index (κ2) is 6.79. The summed E-state index contributed by atoms with van der Waals surface area (Å²) in [5, 5.41) is 0. The number of benzene rings is 1. The molecule has 0 fully saturated rings. The molecule has 0 saturated carbocycles. The van der Waals surface area contributed by atoms with Crippen molar-refractivity contribution in [3.05, 3.63) is 60.7 Å². The number of hydrogen-bond donors (Lipinski definition) is 1. The van der Waals surface area contributed by atoms with Gasteiger partial charge in [-0.05, 0) is 53.5 Å². The summed E-state index contributed by atoms with van der Waals surface area (Å²) in [7, 11) is 0. The first kappa shape index (κ1) is 17.3. The fourth-order valence-corrected chi connectivity index (χ4v) is 3.02. The van der Waals surface area contributed by atoms with Crippen LogP contribution < -0.4 is 11.2 Å². The average Bonchev–Trinajstić information content (AvgIpc) is 3.01. The van der Waals surface area contributed by atoms with E-state index >= 15 is 0 Å². The zero-order valence-electron chi connectivity index (χ0n) is 13.7. The first-order chi connectivity index (χ1) is 12.0. The highest BCUT2D eigenvalue weighted by atomic mass is 79.9. The van der Waals surface area contributed by atoms with E-state index in [0.717, 1.165) is 5.56 Å².